The zero-order chi connectivity index (χ0) is 16.2. The van der Waals surface area contributed by atoms with Crippen LogP contribution >= 0.6 is 0 Å². The fraction of sp³-hybridized carbons (Fsp3) is 0. The van der Waals surface area contributed by atoms with E-state index < -0.39 is 0 Å². The average Bonchev–Trinajstić information content (AvgIpc) is 3.16. The van der Waals surface area contributed by atoms with Crippen molar-refractivity contribution in [2.75, 3.05) is 5.32 Å². The van der Waals surface area contributed by atoms with Crippen LogP contribution < -0.4 is 5.32 Å². The molecular weight excluding hydrogens is 298 g/mol. The lowest BCUT2D eigenvalue weighted by Gasteiger charge is -2.12. The Kier molecular flexibility index (Phi) is 3.73. The Bertz CT molecular complexity index is 919. The van der Waals surface area contributed by atoms with Crippen molar-refractivity contribution in [3.63, 3.8) is 0 Å². The van der Waals surface area contributed by atoms with Gasteiger partial charge in [0.25, 0.3) is 0 Å². The van der Waals surface area contributed by atoms with Crippen LogP contribution in [0.3, 0.4) is 0 Å². The van der Waals surface area contributed by atoms with Crippen molar-refractivity contribution in [1.29, 1.82) is 0 Å². The first-order valence-corrected chi connectivity index (χ1v) is 7.64. The van der Waals surface area contributed by atoms with Crippen LogP contribution in [0.25, 0.3) is 22.5 Å². The van der Waals surface area contributed by atoms with Crippen molar-refractivity contribution in [1.82, 2.24) is 20.2 Å². The fourth-order valence-corrected chi connectivity index (χ4v) is 2.52. The molecular formula is C19H15N5. The lowest BCUT2D eigenvalue weighted by Crippen LogP contribution is -1.98. The van der Waals surface area contributed by atoms with Crippen LogP contribution in [0.5, 0.6) is 0 Å². The first kappa shape index (κ1) is 14.1. The van der Waals surface area contributed by atoms with E-state index in [1.165, 1.54) is 0 Å². The second-order valence-electron chi connectivity index (χ2n) is 5.29. The number of benzene rings is 1. The van der Waals surface area contributed by atoms with Crippen LogP contribution in [-0.4, -0.2) is 20.2 Å². The lowest BCUT2D eigenvalue weighted by atomic mass is 10.1. The lowest BCUT2D eigenvalue weighted by molar-refractivity contribution is 1.09. The SMILES string of the molecule is c1ccc(-c2ccc(-c3ccccn3)nc2Nc2cn[nH]c2)cc1. The summed E-state index contributed by atoms with van der Waals surface area (Å²) in [4.78, 5) is 9.16. The average molecular weight is 313 g/mol. The predicted molar refractivity (Wildman–Crippen MR) is 94.8 cm³/mol. The molecule has 0 bridgehead atoms. The van der Waals surface area contributed by atoms with Crippen LogP contribution in [0.2, 0.25) is 0 Å². The second kappa shape index (κ2) is 6.34. The highest BCUT2D eigenvalue weighted by atomic mass is 15.1. The highest BCUT2D eigenvalue weighted by Crippen LogP contribution is 2.30. The van der Waals surface area contributed by atoms with Gasteiger partial charge in [-0.05, 0) is 29.8 Å². The number of aromatic nitrogens is 4. The van der Waals surface area contributed by atoms with E-state index in [0.717, 1.165) is 34.0 Å². The van der Waals surface area contributed by atoms with Gasteiger partial charge in [-0.3, -0.25) is 10.1 Å². The summed E-state index contributed by atoms with van der Waals surface area (Å²) in [6.45, 7) is 0. The monoisotopic (exact) mass is 313 g/mol. The van der Waals surface area contributed by atoms with Gasteiger partial charge in [0.05, 0.1) is 23.3 Å². The molecule has 0 atom stereocenters. The van der Waals surface area contributed by atoms with Crippen molar-refractivity contribution in [3.05, 3.63) is 79.3 Å². The number of anilines is 2. The number of pyridine rings is 2. The van der Waals surface area contributed by atoms with Gasteiger partial charge in [0.2, 0.25) is 0 Å². The molecule has 116 valence electrons. The molecule has 0 fully saturated rings. The van der Waals surface area contributed by atoms with Crippen molar-refractivity contribution in [3.8, 4) is 22.5 Å². The maximum Gasteiger partial charge on any atom is 0.139 e. The molecule has 0 aliphatic carbocycles. The Balaban J connectivity index is 1.81. The Morgan fingerprint density at radius 2 is 1.71 bits per heavy atom. The standard InChI is InChI=1S/C19H15N5/c1-2-6-14(7-3-1)16-9-10-18(17-8-4-5-11-20-17)24-19(16)23-15-12-21-22-13-15/h1-13H,(H,21,22)(H,23,24). The van der Waals surface area contributed by atoms with Gasteiger partial charge in [-0.15, -0.1) is 0 Å². The summed E-state index contributed by atoms with van der Waals surface area (Å²) < 4.78 is 0. The summed E-state index contributed by atoms with van der Waals surface area (Å²) in [6.07, 6.45) is 5.29. The first-order chi connectivity index (χ1) is 11.9. The van der Waals surface area contributed by atoms with Gasteiger partial charge in [0.1, 0.15) is 5.82 Å². The zero-order valence-electron chi connectivity index (χ0n) is 12.8. The number of aromatic amines is 1. The number of rotatable bonds is 4. The van der Waals surface area contributed by atoms with Crippen LogP contribution in [0.4, 0.5) is 11.5 Å². The van der Waals surface area contributed by atoms with Gasteiger partial charge in [-0.25, -0.2) is 4.98 Å². The van der Waals surface area contributed by atoms with E-state index in [4.69, 9.17) is 4.98 Å². The van der Waals surface area contributed by atoms with Crippen molar-refractivity contribution < 1.29 is 0 Å². The van der Waals surface area contributed by atoms with Gasteiger partial charge in [-0.2, -0.15) is 5.10 Å². The molecule has 0 unspecified atom stereocenters. The van der Waals surface area contributed by atoms with Crippen molar-refractivity contribution >= 4 is 11.5 Å². The van der Waals surface area contributed by atoms with Crippen LogP contribution in [0.15, 0.2) is 79.3 Å². The summed E-state index contributed by atoms with van der Waals surface area (Å²) in [5.41, 5.74) is 4.64. The molecule has 0 amide bonds. The van der Waals surface area contributed by atoms with Gasteiger partial charge >= 0.3 is 0 Å². The highest BCUT2D eigenvalue weighted by molar-refractivity contribution is 5.80. The molecule has 3 heterocycles. The number of nitrogens with one attached hydrogen (secondary N) is 2. The summed E-state index contributed by atoms with van der Waals surface area (Å²) in [5.74, 6) is 0.769. The molecule has 3 aromatic heterocycles. The third-order valence-electron chi connectivity index (χ3n) is 3.67. The molecule has 0 spiro atoms. The van der Waals surface area contributed by atoms with Gasteiger partial charge in [-0.1, -0.05) is 36.4 Å². The van der Waals surface area contributed by atoms with Crippen molar-refractivity contribution in [2.24, 2.45) is 0 Å². The van der Waals surface area contributed by atoms with E-state index in [2.05, 4.69) is 38.7 Å². The minimum absolute atomic E-state index is 0.769. The minimum Gasteiger partial charge on any atom is -0.337 e. The largest absolute Gasteiger partial charge is 0.337 e. The van der Waals surface area contributed by atoms with Gasteiger partial charge in [0, 0.05) is 18.0 Å². The zero-order valence-corrected chi connectivity index (χ0v) is 12.8. The molecule has 0 saturated carbocycles. The van der Waals surface area contributed by atoms with E-state index in [1.807, 2.05) is 42.5 Å². The van der Waals surface area contributed by atoms with Crippen LogP contribution in [0.1, 0.15) is 0 Å². The molecule has 2 N–H and O–H groups in total. The number of hydrogen-bond acceptors (Lipinski definition) is 4. The summed E-state index contributed by atoms with van der Waals surface area (Å²) in [7, 11) is 0. The fourth-order valence-electron chi connectivity index (χ4n) is 2.52. The van der Waals surface area contributed by atoms with Crippen molar-refractivity contribution in [2.45, 2.75) is 0 Å². The Hall–Kier alpha value is -3.47. The van der Waals surface area contributed by atoms with Crippen LogP contribution in [-0.2, 0) is 0 Å². The topological polar surface area (TPSA) is 66.5 Å². The molecule has 1 aromatic carbocycles. The molecule has 4 rings (SSSR count). The van der Waals surface area contributed by atoms with Gasteiger partial charge < -0.3 is 5.32 Å². The molecule has 4 aromatic rings. The minimum atomic E-state index is 0.769. The maximum atomic E-state index is 4.78. The van der Waals surface area contributed by atoms with E-state index in [9.17, 15) is 0 Å². The molecule has 5 heteroatoms. The normalized spacial score (nSPS) is 10.5. The van der Waals surface area contributed by atoms with E-state index >= 15 is 0 Å². The van der Waals surface area contributed by atoms with E-state index in [1.54, 1.807) is 18.6 Å². The third-order valence-corrected chi connectivity index (χ3v) is 3.67. The molecule has 24 heavy (non-hydrogen) atoms. The summed E-state index contributed by atoms with van der Waals surface area (Å²) in [5, 5.41) is 10.1. The molecule has 0 aliphatic rings. The Morgan fingerprint density at radius 1 is 0.833 bits per heavy atom. The Labute approximate surface area is 139 Å². The summed E-state index contributed by atoms with van der Waals surface area (Å²) >= 11 is 0. The summed E-state index contributed by atoms with van der Waals surface area (Å²) in [6, 6.07) is 20.0. The Morgan fingerprint density at radius 3 is 2.46 bits per heavy atom. The molecule has 0 saturated heterocycles. The first-order valence-electron chi connectivity index (χ1n) is 7.64. The number of nitrogens with zero attached hydrogens (tertiary/aromatic N) is 3. The number of H-pyrrole nitrogens is 1. The smallest absolute Gasteiger partial charge is 0.139 e. The predicted octanol–water partition coefficient (Wildman–Crippen LogP) is 4.28. The van der Waals surface area contributed by atoms with Crippen LogP contribution in [0, 0.1) is 0 Å². The molecule has 0 aliphatic heterocycles. The molecule has 0 radical (unpaired) electrons. The highest BCUT2D eigenvalue weighted by Gasteiger charge is 2.10. The van der Waals surface area contributed by atoms with Gasteiger partial charge in [0.15, 0.2) is 0 Å². The second-order valence-corrected chi connectivity index (χ2v) is 5.29. The third kappa shape index (κ3) is 2.87. The quantitative estimate of drug-likeness (QED) is 0.590. The molecule has 5 nitrogen and oxygen atoms in total. The van der Waals surface area contributed by atoms with E-state index in [-0.39, 0.29) is 0 Å². The number of hydrogen-bond donors (Lipinski definition) is 2. The van der Waals surface area contributed by atoms with E-state index in [0.29, 0.717) is 0 Å². The maximum absolute atomic E-state index is 4.78.